The van der Waals surface area contributed by atoms with Crippen LogP contribution in [0.2, 0.25) is 0 Å². The number of thioether (sulfide) groups is 1. The van der Waals surface area contributed by atoms with Crippen molar-refractivity contribution in [2.24, 2.45) is 0 Å². The van der Waals surface area contributed by atoms with E-state index in [0.717, 1.165) is 42.0 Å². The Labute approximate surface area is 121 Å². The molecule has 106 valence electrons. The summed E-state index contributed by atoms with van der Waals surface area (Å²) in [5.74, 6) is 1.96. The Hall–Kier alpha value is -0.610. The Bertz CT molecular complexity index is 364. The Morgan fingerprint density at radius 3 is 2.95 bits per heavy atom. The van der Waals surface area contributed by atoms with Gasteiger partial charge in [0.2, 0.25) is 0 Å². The monoisotopic (exact) mass is 279 g/mol. The van der Waals surface area contributed by atoms with E-state index in [1.165, 1.54) is 32.1 Å². The van der Waals surface area contributed by atoms with Gasteiger partial charge in [-0.15, -0.1) is 0 Å². The minimum Gasteiger partial charge on any atom is -0.311 e. The molecule has 0 spiro atoms. The van der Waals surface area contributed by atoms with Gasteiger partial charge in [-0.25, -0.2) is 9.97 Å². The Kier molecular flexibility index (Phi) is 6.65. The molecule has 0 aliphatic heterocycles. The largest absolute Gasteiger partial charge is 0.311 e. The molecule has 1 aromatic heterocycles. The lowest BCUT2D eigenvalue weighted by Gasteiger charge is -2.20. The van der Waals surface area contributed by atoms with Crippen LogP contribution in [-0.2, 0) is 12.3 Å². The standard InChI is InChI=1S/C15H25N3S/c1-2-9-16-11-13-8-10-17-15(18-13)12-19-14-6-4-3-5-7-14/h8,10,14,16H,2-7,9,11-12H2,1H3. The molecule has 1 aliphatic rings. The summed E-state index contributed by atoms with van der Waals surface area (Å²) in [6.07, 6.45) is 10.0. The molecule has 0 aromatic carbocycles. The molecule has 0 atom stereocenters. The fraction of sp³-hybridized carbons (Fsp3) is 0.733. The summed E-state index contributed by atoms with van der Waals surface area (Å²) in [5, 5.41) is 4.22. The van der Waals surface area contributed by atoms with E-state index in [4.69, 9.17) is 0 Å². The van der Waals surface area contributed by atoms with Crippen molar-refractivity contribution in [1.29, 1.82) is 0 Å². The van der Waals surface area contributed by atoms with Crippen LogP contribution in [-0.4, -0.2) is 21.8 Å². The molecule has 1 aromatic rings. The van der Waals surface area contributed by atoms with Crippen molar-refractivity contribution in [3.8, 4) is 0 Å². The Morgan fingerprint density at radius 2 is 2.16 bits per heavy atom. The lowest BCUT2D eigenvalue weighted by molar-refractivity contribution is 0.516. The number of nitrogens with zero attached hydrogens (tertiary/aromatic N) is 2. The predicted octanol–water partition coefficient (Wildman–Crippen LogP) is 3.54. The average Bonchev–Trinajstić information content (AvgIpc) is 2.47. The highest BCUT2D eigenvalue weighted by Crippen LogP contribution is 2.29. The van der Waals surface area contributed by atoms with Crippen molar-refractivity contribution in [3.05, 3.63) is 23.8 Å². The van der Waals surface area contributed by atoms with E-state index in [9.17, 15) is 0 Å². The Balaban J connectivity index is 1.77. The van der Waals surface area contributed by atoms with E-state index in [0.29, 0.717) is 0 Å². The van der Waals surface area contributed by atoms with Crippen LogP contribution in [0, 0.1) is 0 Å². The van der Waals surface area contributed by atoms with E-state index < -0.39 is 0 Å². The molecule has 1 heterocycles. The summed E-state index contributed by atoms with van der Waals surface area (Å²) < 4.78 is 0. The fourth-order valence-corrected chi connectivity index (χ4v) is 3.62. The topological polar surface area (TPSA) is 37.8 Å². The number of aromatic nitrogens is 2. The molecule has 1 N–H and O–H groups in total. The highest BCUT2D eigenvalue weighted by Gasteiger charge is 2.14. The first kappa shape index (κ1) is 14.8. The molecule has 1 saturated carbocycles. The van der Waals surface area contributed by atoms with Crippen LogP contribution in [0.1, 0.15) is 57.0 Å². The van der Waals surface area contributed by atoms with Gasteiger partial charge in [0.15, 0.2) is 0 Å². The Morgan fingerprint density at radius 1 is 1.32 bits per heavy atom. The summed E-state index contributed by atoms with van der Waals surface area (Å²) in [4.78, 5) is 9.03. The molecule has 4 heteroatoms. The van der Waals surface area contributed by atoms with Gasteiger partial charge in [0.05, 0.1) is 11.4 Å². The minimum atomic E-state index is 0.833. The van der Waals surface area contributed by atoms with Crippen LogP contribution in [0.4, 0.5) is 0 Å². The van der Waals surface area contributed by atoms with Crippen molar-refractivity contribution in [1.82, 2.24) is 15.3 Å². The van der Waals surface area contributed by atoms with Crippen LogP contribution in [0.5, 0.6) is 0 Å². The highest BCUT2D eigenvalue weighted by atomic mass is 32.2. The molecule has 3 nitrogen and oxygen atoms in total. The van der Waals surface area contributed by atoms with Crippen LogP contribution in [0.25, 0.3) is 0 Å². The van der Waals surface area contributed by atoms with Crippen LogP contribution < -0.4 is 5.32 Å². The zero-order valence-electron chi connectivity index (χ0n) is 11.9. The van der Waals surface area contributed by atoms with Gasteiger partial charge >= 0.3 is 0 Å². The number of nitrogens with one attached hydrogen (secondary N) is 1. The second-order valence-electron chi connectivity index (χ2n) is 5.21. The van der Waals surface area contributed by atoms with Crippen LogP contribution >= 0.6 is 11.8 Å². The van der Waals surface area contributed by atoms with Crippen molar-refractivity contribution in [3.63, 3.8) is 0 Å². The molecule has 0 amide bonds. The quantitative estimate of drug-likeness (QED) is 0.775. The third-order valence-corrected chi connectivity index (χ3v) is 4.86. The van der Waals surface area contributed by atoms with Crippen molar-refractivity contribution in [2.75, 3.05) is 6.54 Å². The van der Waals surface area contributed by atoms with E-state index in [1.807, 2.05) is 24.0 Å². The predicted molar refractivity (Wildman–Crippen MR) is 82.2 cm³/mol. The smallest absolute Gasteiger partial charge is 0.138 e. The summed E-state index contributed by atoms with van der Waals surface area (Å²) >= 11 is 2.04. The first-order valence-electron chi connectivity index (χ1n) is 7.51. The second-order valence-corrected chi connectivity index (χ2v) is 6.50. The zero-order chi connectivity index (χ0) is 13.3. The van der Waals surface area contributed by atoms with E-state index >= 15 is 0 Å². The lowest BCUT2D eigenvalue weighted by Crippen LogP contribution is -2.15. The molecule has 1 aliphatic carbocycles. The van der Waals surface area contributed by atoms with Gasteiger partial charge in [0.1, 0.15) is 5.82 Å². The fourth-order valence-electron chi connectivity index (χ4n) is 2.43. The summed E-state index contributed by atoms with van der Waals surface area (Å²) in [7, 11) is 0. The SMILES string of the molecule is CCCNCc1ccnc(CSC2CCCCC2)n1. The summed E-state index contributed by atoms with van der Waals surface area (Å²) in [5.41, 5.74) is 1.11. The van der Waals surface area contributed by atoms with E-state index in [1.54, 1.807) is 0 Å². The van der Waals surface area contributed by atoms with Crippen LogP contribution in [0.15, 0.2) is 12.3 Å². The first-order chi connectivity index (χ1) is 9.38. The zero-order valence-corrected chi connectivity index (χ0v) is 12.7. The molecule has 19 heavy (non-hydrogen) atoms. The van der Waals surface area contributed by atoms with Crippen molar-refractivity contribution in [2.45, 2.75) is 63.0 Å². The van der Waals surface area contributed by atoms with Gasteiger partial charge in [-0.2, -0.15) is 11.8 Å². The number of rotatable bonds is 7. The minimum absolute atomic E-state index is 0.833. The van der Waals surface area contributed by atoms with E-state index in [-0.39, 0.29) is 0 Å². The van der Waals surface area contributed by atoms with Gasteiger partial charge < -0.3 is 5.32 Å². The number of hydrogen-bond donors (Lipinski definition) is 1. The van der Waals surface area contributed by atoms with Crippen molar-refractivity contribution < 1.29 is 0 Å². The maximum atomic E-state index is 4.63. The maximum Gasteiger partial charge on any atom is 0.138 e. The van der Waals surface area contributed by atoms with Gasteiger partial charge in [-0.3, -0.25) is 0 Å². The normalized spacial score (nSPS) is 16.7. The second kappa shape index (κ2) is 8.54. The highest BCUT2D eigenvalue weighted by molar-refractivity contribution is 7.99. The van der Waals surface area contributed by atoms with Gasteiger partial charge in [-0.1, -0.05) is 26.2 Å². The average molecular weight is 279 g/mol. The van der Waals surface area contributed by atoms with Gasteiger partial charge in [-0.05, 0) is 31.9 Å². The maximum absolute atomic E-state index is 4.63. The van der Waals surface area contributed by atoms with Crippen LogP contribution in [0.3, 0.4) is 0 Å². The summed E-state index contributed by atoms with van der Waals surface area (Å²) in [6, 6.07) is 2.01. The van der Waals surface area contributed by atoms with Gasteiger partial charge in [0, 0.05) is 18.0 Å². The summed E-state index contributed by atoms with van der Waals surface area (Å²) in [6.45, 7) is 4.09. The third-order valence-electron chi connectivity index (χ3n) is 3.50. The van der Waals surface area contributed by atoms with Crippen molar-refractivity contribution >= 4 is 11.8 Å². The molecule has 0 bridgehead atoms. The molecular formula is C15H25N3S. The number of hydrogen-bond acceptors (Lipinski definition) is 4. The molecule has 0 radical (unpaired) electrons. The third kappa shape index (κ3) is 5.49. The van der Waals surface area contributed by atoms with E-state index in [2.05, 4.69) is 22.2 Å². The molecule has 0 unspecified atom stereocenters. The van der Waals surface area contributed by atoms with Gasteiger partial charge in [0.25, 0.3) is 0 Å². The molecular weight excluding hydrogens is 254 g/mol. The molecule has 1 fully saturated rings. The lowest BCUT2D eigenvalue weighted by atomic mass is 10.0. The molecule has 0 saturated heterocycles. The first-order valence-corrected chi connectivity index (χ1v) is 8.56. The molecule has 2 rings (SSSR count).